The first kappa shape index (κ1) is 18.6. The summed E-state index contributed by atoms with van der Waals surface area (Å²) in [6, 6.07) is 32.2. The van der Waals surface area contributed by atoms with Crippen LogP contribution in [0.1, 0.15) is 18.6 Å². The van der Waals surface area contributed by atoms with Gasteiger partial charge in [-0.05, 0) is 29.4 Å². The minimum Gasteiger partial charge on any atom is -0.375 e. The van der Waals surface area contributed by atoms with E-state index in [1.54, 1.807) is 7.11 Å². The van der Waals surface area contributed by atoms with Gasteiger partial charge in [0.25, 0.3) is 0 Å². The summed E-state index contributed by atoms with van der Waals surface area (Å²) in [5.74, 6) is 0. The minimum absolute atomic E-state index is 0.00968. The molecule has 0 bridgehead atoms. The van der Waals surface area contributed by atoms with Crippen LogP contribution in [0.25, 0.3) is 0 Å². The average Bonchev–Trinajstić information content (AvgIpc) is 2.70. The summed E-state index contributed by atoms with van der Waals surface area (Å²) in [5.41, 5.74) is 1.20. The lowest BCUT2D eigenvalue weighted by atomic mass is 10.0. The van der Waals surface area contributed by atoms with E-state index in [1.807, 2.05) is 6.07 Å². The van der Waals surface area contributed by atoms with Gasteiger partial charge in [0.15, 0.2) is 8.24 Å². The molecular formula is C23H27NOSi. The van der Waals surface area contributed by atoms with Crippen molar-refractivity contribution < 1.29 is 4.74 Å². The van der Waals surface area contributed by atoms with Gasteiger partial charge in [-0.3, -0.25) is 0 Å². The molecule has 0 amide bonds. The van der Waals surface area contributed by atoms with Crippen LogP contribution in [0.5, 0.6) is 0 Å². The first-order chi connectivity index (χ1) is 12.6. The van der Waals surface area contributed by atoms with Crippen LogP contribution >= 0.6 is 0 Å². The molecule has 0 saturated carbocycles. The van der Waals surface area contributed by atoms with Crippen LogP contribution in [-0.2, 0) is 4.74 Å². The minimum atomic E-state index is -2.11. The Morgan fingerprint density at radius 1 is 0.731 bits per heavy atom. The summed E-state index contributed by atoms with van der Waals surface area (Å²) in [7, 11) is -0.315. The molecule has 0 aliphatic rings. The Morgan fingerprint density at radius 3 is 1.58 bits per heavy atom. The van der Waals surface area contributed by atoms with Crippen molar-refractivity contribution >= 4 is 18.6 Å². The van der Waals surface area contributed by atoms with E-state index in [9.17, 15) is 0 Å². The molecule has 0 aromatic heterocycles. The predicted molar refractivity (Wildman–Crippen MR) is 113 cm³/mol. The van der Waals surface area contributed by atoms with Crippen molar-refractivity contribution in [2.75, 3.05) is 7.11 Å². The van der Waals surface area contributed by atoms with Gasteiger partial charge in [0, 0.05) is 13.2 Å². The molecule has 0 radical (unpaired) electrons. The number of hydrogen-bond acceptors (Lipinski definition) is 2. The summed E-state index contributed by atoms with van der Waals surface area (Å²) >= 11 is 0. The van der Waals surface area contributed by atoms with E-state index < -0.39 is 8.24 Å². The van der Waals surface area contributed by atoms with Crippen LogP contribution in [0.15, 0.2) is 91.0 Å². The van der Waals surface area contributed by atoms with Crippen LogP contribution in [0.2, 0.25) is 6.55 Å². The van der Waals surface area contributed by atoms with Crippen molar-refractivity contribution in [1.29, 1.82) is 0 Å². The SMILES string of the molecule is CO[C@H](c1ccccc1)[C@H](C)N[Si](C)(c1ccccc1)c1ccccc1. The Labute approximate surface area is 157 Å². The second kappa shape index (κ2) is 8.45. The molecule has 1 N–H and O–H groups in total. The fourth-order valence-corrected chi connectivity index (χ4v) is 7.13. The van der Waals surface area contributed by atoms with Crippen molar-refractivity contribution in [3.63, 3.8) is 0 Å². The molecular weight excluding hydrogens is 334 g/mol. The van der Waals surface area contributed by atoms with Crippen LogP contribution in [0.3, 0.4) is 0 Å². The normalized spacial score (nSPS) is 14.0. The topological polar surface area (TPSA) is 21.3 Å². The predicted octanol–water partition coefficient (Wildman–Crippen LogP) is 3.74. The number of ether oxygens (including phenoxy) is 1. The molecule has 3 aromatic rings. The Morgan fingerprint density at radius 2 is 1.15 bits per heavy atom. The molecule has 0 unspecified atom stereocenters. The zero-order chi connectivity index (χ0) is 18.4. The van der Waals surface area contributed by atoms with Crippen molar-refractivity contribution in [3.8, 4) is 0 Å². The van der Waals surface area contributed by atoms with Crippen molar-refractivity contribution in [3.05, 3.63) is 96.6 Å². The van der Waals surface area contributed by atoms with Crippen LogP contribution in [0, 0.1) is 0 Å². The first-order valence-electron chi connectivity index (χ1n) is 9.11. The number of hydrogen-bond donors (Lipinski definition) is 1. The molecule has 3 aromatic carbocycles. The summed E-state index contributed by atoms with van der Waals surface area (Å²) in [6.07, 6.45) is 0.00968. The van der Waals surface area contributed by atoms with Gasteiger partial charge in [-0.15, -0.1) is 0 Å². The molecule has 0 spiro atoms. The molecule has 0 saturated heterocycles. The largest absolute Gasteiger partial charge is 0.375 e. The van der Waals surface area contributed by atoms with E-state index in [2.05, 4.69) is 103 Å². The highest BCUT2D eigenvalue weighted by Gasteiger charge is 2.35. The van der Waals surface area contributed by atoms with E-state index in [1.165, 1.54) is 15.9 Å². The maximum Gasteiger partial charge on any atom is 0.187 e. The van der Waals surface area contributed by atoms with Gasteiger partial charge in [0.2, 0.25) is 0 Å². The monoisotopic (exact) mass is 361 g/mol. The van der Waals surface area contributed by atoms with E-state index in [0.29, 0.717) is 0 Å². The Balaban J connectivity index is 1.96. The fourth-order valence-electron chi connectivity index (χ4n) is 3.68. The van der Waals surface area contributed by atoms with Crippen LogP contribution in [-0.4, -0.2) is 21.4 Å². The highest BCUT2D eigenvalue weighted by molar-refractivity contribution is 6.99. The summed E-state index contributed by atoms with van der Waals surface area (Å²) in [5, 5.41) is 2.75. The van der Waals surface area contributed by atoms with Crippen LogP contribution < -0.4 is 15.4 Å². The summed E-state index contributed by atoms with van der Waals surface area (Å²) in [4.78, 5) is 3.99. The van der Waals surface area contributed by atoms with Crippen molar-refractivity contribution in [1.82, 2.24) is 4.98 Å². The standard InChI is InChI=1S/C23H27NOSi/c1-19(23(25-2)20-13-7-4-8-14-20)24-26(3,21-15-9-5-10-16-21)22-17-11-6-12-18-22/h4-19,23-24H,1-3H3/t19-,23-/m0/s1. The molecule has 0 heterocycles. The third-order valence-corrected chi connectivity index (χ3v) is 9.06. The lowest BCUT2D eigenvalue weighted by molar-refractivity contribution is 0.0800. The van der Waals surface area contributed by atoms with Gasteiger partial charge in [0.1, 0.15) is 0 Å². The highest BCUT2D eigenvalue weighted by atomic mass is 28.3. The number of rotatable bonds is 7. The Kier molecular flexibility index (Phi) is 6.04. The Bertz CT molecular complexity index is 753. The smallest absolute Gasteiger partial charge is 0.187 e. The first-order valence-corrected chi connectivity index (χ1v) is 11.6. The second-order valence-corrected chi connectivity index (χ2v) is 10.6. The molecule has 2 atom stereocenters. The lowest BCUT2D eigenvalue weighted by Gasteiger charge is -2.36. The third kappa shape index (κ3) is 3.96. The molecule has 134 valence electrons. The van der Waals surface area contributed by atoms with E-state index >= 15 is 0 Å². The van der Waals surface area contributed by atoms with Gasteiger partial charge in [-0.25, -0.2) is 0 Å². The van der Waals surface area contributed by atoms with Crippen molar-refractivity contribution in [2.24, 2.45) is 0 Å². The van der Waals surface area contributed by atoms with Gasteiger partial charge in [-0.1, -0.05) is 91.0 Å². The zero-order valence-corrected chi connectivity index (χ0v) is 16.7. The molecule has 2 nitrogen and oxygen atoms in total. The molecule has 3 heteroatoms. The zero-order valence-electron chi connectivity index (χ0n) is 15.7. The third-order valence-electron chi connectivity index (χ3n) is 5.05. The number of benzene rings is 3. The van der Waals surface area contributed by atoms with E-state index in [-0.39, 0.29) is 12.1 Å². The Hall–Kier alpha value is -2.20. The van der Waals surface area contributed by atoms with Crippen molar-refractivity contribution in [2.45, 2.75) is 25.6 Å². The molecule has 0 fully saturated rings. The molecule has 0 aliphatic heterocycles. The van der Waals surface area contributed by atoms with Gasteiger partial charge in [0.05, 0.1) is 6.10 Å². The number of nitrogens with one attached hydrogen (secondary N) is 1. The number of methoxy groups -OCH3 is 1. The molecule has 3 rings (SSSR count). The molecule has 0 aliphatic carbocycles. The maximum atomic E-state index is 5.88. The van der Waals surface area contributed by atoms with E-state index in [4.69, 9.17) is 4.74 Å². The van der Waals surface area contributed by atoms with E-state index in [0.717, 1.165) is 0 Å². The summed E-state index contributed by atoms with van der Waals surface area (Å²) in [6.45, 7) is 4.60. The quantitative estimate of drug-likeness (QED) is 0.647. The van der Waals surface area contributed by atoms with Gasteiger partial charge < -0.3 is 9.72 Å². The molecule has 26 heavy (non-hydrogen) atoms. The average molecular weight is 362 g/mol. The lowest BCUT2D eigenvalue weighted by Crippen LogP contribution is -2.69. The highest BCUT2D eigenvalue weighted by Crippen LogP contribution is 2.21. The maximum absolute atomic E-state index is 5.88. The fraction of sp³-hybridized carbons (Fsp3) is 0.217. The van der Waals surface area contributed by atoms with Gasteiger partial charge in [-0.2, -0.15) is 0 Å². The summed E-state index contributed by atoms with van der Waals surface area (Å²) < 4.78 is 5.88. The van der Waals surface area contributed by atoms with Gasteiger partial charge >= 0.3 is 0 Å². The van der Waals surface area contributed by atoms with Crippen LogP contribution in [0.4, 0.5) is 0 Å². The second-order valence-electron chi connectivity index (χ2n) is 6.86.